The van der Waals surface area contributed by atoms with Crippen molar-refractivity contribution in [2.24, 2.45) is 4.99 Å². The Kier molecular flexibility index (Phi) is 6.29. The van der Waals surface area contributed by atoms with Gasteiger partial charge < -0.3 is 4.90 Å². The summed E-state index contributed by atoms with van der Waals surface area (Å²) in [4.78, 5) is 7.20. The highest BCUT2D eigenvalue weighted by atomic mass is 35.5. The number of benzene rings is 4. The van der Waals surface area contributed by atoms with Crippen LogP contribution in [0, 0.1) is 5.41 Å². The van der Waals surface area contributed by atoms with E-state index in [-0.39, 0.29) is 11.3 Å². The molecule has 0 aromatic heterocycles. The number of amidine groups is 1. The molecule has 33 heavy (non-hydrogen) atoms. The molecule has 1 fully saturated rings. The molecule has 4 aromatic rings. The van der Waals surface area contributed by atoms with E-state index in [2.05, 4.69) is 41.3 Å². The van der Waals surface area contributed by atoms with Crippen molar-refractivity contribution in [2.45, 2.75) is 11.3 Å². The van der Waals surface area contributed by atoms with Gasteiger partial charge in [0.15, 0.2) is 5.17 Å². The second-order valence-electron chi connectivity index (χ2n) is 7.74. The summed E-state index contributed by atoms with van der Waals surface area (Å²) in [5, 5.41) is 10.0. The first-order chi connectivity index (χ1) is 16.2. The maximum absolute atomic E-state index is 8.94. The van der Waals surface area contributed by atoms with E-state index in [1.165, 1.54) is 0 Å². The fourth-order valence-electron chi connectivity index (χ4n) is 4.11. The molecule has 0 bridgehead atoms. The van der Waals surface area contributed by atoms with Crippen LogP contribution in [0.15, 0.2) is 120 Å². The average Bonchev–Trinajstić information content (AvgIpc) is 3.21. The van der Waals surface area contributed by atoms with Gasteiger partial charge in [-0.25, -0.2) is 0 Å². The third kappa shape index (κ3) is 4.58. The first-order valence-corrected chi connectivity index (χ1v) is 12.0. The number of rotatable bonds is 5. The molecule has 0 saturated carbocycles. The first kappa shape index (κ1) is 21.5. The summed E-state index contributed by atoms with van der Waals surface area (Å²) in [7, 11) is 0. The zero-order chi connectivity index (χ0) is 22.6. The van der Waals surface area contributed by atoms with Crippen LogP contribution in [-0.2, 0) is 0 Å². The van der Waals surface area contributed by atoms with Crippen molar-refractivity contribution in [1.29, 1.82) is 5.41 Å². The maximum atomic E-state index is 8.94. The van der Waals surface area contributed by atoms with Gasteiger partial charge >= 0.3 is 0 Å². The van der Waals surface area contributed by atoms with Crippen LogP contribution < -0.4 is 4.90 Å². The van der Waals surface area contributed by atoms with Crippen LogP contribution >= 0.6 is 23.4 Å². The van der Waals surface area contributed by atoms with Gasteiger partial charge in [-0.1, -0.05) is 102 Å². The number of anilines is 1. The third-order valence-corrected chi connectivity index (χ3v) is 7.02. The van der Waals surface area contributed by atoms with Crippen LogP contribution in [0.1, 0.15) is 17.2 Å². The SMILES string of the molecule is N=C1S[C@H](C(=Nc2ccccc2)c2ccccc2)[C@@H](c2ccccc2)N1c1ccc(Cl)cc1. The fourth-order valence-corrected chi connectivity index (χ4v) is 5.51. The van der Waals surface area contributed by atoms with Crippen LogP contribution in [0.3, 0.4) is 0 Å². The van der Waals surface area contributed by atoms with Crippen molar-refractivity contribution >= 4 is 45.6 Å². The molecule has 0 radical (unpaired) electrons. The minimum Gasteiger partial charge on any atom is -0.312 e. The molecule has 2 atom stereocenters. The number of nitrogens with zero attached hydrogens (tertiary/aromatic N) is 2. The van der Waals surface area contributed by atoms with Crippen LogP contribution in [0.4, 0.5) is 11.4 Å². The first-order valence-electron chi connectivity index (χ1n) is 10.7. The van der Waals surface area contributed by atoms with E-state index in [0.717, 1.165) is 28.2 Å². The molecule has 1 saturated heterocycles. The second kappa shape index (κ2) is 9.65. The fraction of sp³-hybridized carbons (Fsp3) is 0.0714. The lowest BCUT2D eigenvalue weighted by Crippen LogP contribution is -2.33. The smallest absolute Gasteiger partial charge is 0.162 e. The highest BCUT2D eigenvalue weighted by Crippen LogP contribution is 2.46. The van der Waals surface area contributed by atoms with Gasteiger partial charge in [-0.2, -0.15) is 0 Å². The normalized spacial score (nSPS) is 18.5. The van der Waals surface area contributed by atoms with E-state index >= 15 is 0 Å². The standard InChI is InChI=1S/C28H22ClN3S/c29-22-16-18-24(19-17-22)32-26(21-12-6-2-7-13-21)27(33-28(32)30)25(20-10-4-1-5-11-20)31-23-14-8-3-9-15-23/h1-19,26-27,30H/t26-,27-/m1/s1. The minimum absolute atomic E-state index is 0.0711. The van der Waals surface area contributed by atoms with Gasteiger partial charge in [0.05, 0.1) is 22.7 Å². The summed E-state index contributed by atoms with van der Waals surface area (Å²) < 4.78 is 0. The van der Waals surface area contributed by atoms with Crippen molar-refractivity contribution in [3.05, 3.63) is 131 Å². The van der Waals surface area contributed by atoms with Crippen molar-refractivity contribution in [3.8, 4) is 0 Å². The van der Waals surface area contributed by atoms with Crippen LogP contribution in [0.25, 0.3) is 0 Å². The summed E-state index contributed by atoms with van der Waals surface area (Å²) in [6.07, 6.45) is 0. The maximum Gasteiger partial charge on any atom is 0.162 e. The predicted octanol–water partition coefficient (Wildman–Crippen LogP) is 7.76. The van der Waals surface area contributed by atoms with E-state index in [1.54, 1.807) is 11.8 Å². The molecule has 1 aliphatic rings. The summed E-state index contributed by atoms with van der Waals surface area (Å²) in [6.45, 7) is 0. The second-order valence-corrected chi connectivity index (χ2v) is 9.31. The van der Waals surface area contributed by atoms with Gasteiger partial charge in [-0.3, -0.25) is 10.4 Å². The number of hydrogen-bond acceptors (Lipinski definition) is 3. The molecule has 1 heterocycles. The predicted molar refractivity (Wildman–Crippen MR) is 141 cm³/mol. The molecular weight excluding hydrogens is 446 g/mol. The molecule has 3 nitrogen and oxygen atoms in total. The minimum atomic E-state index is -0.0902. The molecule has 1 aliphatic heterocycles. The Morgan fingerprint density at radius 2 is 1.33 bits per heavy atom. The molecule has 5 heteroatoms. The zero-order valence-corrected chi connectivity index (χ0v) is 19.4. The topological polar surface area (TPSA) is 39.5 Å². The Labute approximate surface area is 203 Å². The number of thioether (sulfide) groups is 1. The molecule has 0 spiro atoms. The molecule has 1 N–H and O–H groups in total. The average molecular weight is 468 g/mol. The lowest BCUT2D eigenvalue weighted by molar-refractivity contribution is 0.775. The number of nitrogens with one attached hydrogen (secondary N) is 1. The van der Waals surface area contributed by atoms with Crippen LogP contribution in [-0.4, -0.2) is 16.1 Å². The van der Waals surface area contributed by atoms with Gasteiger partial charge in [-0.05, 0) is 47.5 Å². The van der Waals surface area contributed by atoms with Crippen molar-refractivity contribution < 1.29 is 0 Å². The number of para-hydroxylation sites is 1. The van der Waals surface area contributed by atoms with E-state index in [9.17, 15) is 0 Å². The number of aliphatic imine (C=N–C) groups is 1. The van der Waals surface area contributed by atoms with Gasteiger partial charge in [0.2, 0.25) is 0 Å². The number of hydrogen-bond donors (Lipinski definition) is 1. The Morgan fingerprint density at radius 3 is 1.97 bits per heavy atom. The highest BCUT2D eigenvalue weighted by molar-refractivity contribution is 8.15. The summed E-state index contributed by atoms with van der Waals surface area (Å²) in [6, 6.07) is 38.3. The van der Waals surface area contributed by atoms with Crippen molar-refractivity contribution in [2.75, 3.05) is 4.90 Å². The summed E-state index contributed by atoms with van der Waals surface area (Å²) >= 11 is 7.70. The zero-order valence-electron chi connectivity index (χ0n) is 17.8. The van der Waals surface area contributed by atoms with Crippen LogP contribution in [0.2, 0.25) is 5.02 Å². The largest absolute Gasteiger partial charge is 0.312 e. The van der Waals surface area contributed by atoms with E-state index in [4.69, 9.17) is 22.0 Å². The van der Waals surface area contributed by atoms with Gasteiger partial charge in [0, 0.05) is 10.7 Å². The molecular formula is C28H22ClN3S. The molecule has 0 aliphatic carbocycles. The van der Waals surface area contributed by atoms with Gasteiger partial charge in [0.25, 0.3) is 0 Å². The Balaban J connectivity index is 1.67. The van der Waals surface area contributed by atoms with Crippen molar-refractivity contribution in [3.63, 3.8) is 0 Å². The molecule has 5 rings (SSSR count). The Hall–Kier alpha value is -3.34. The van der Waals surface area contributed by atoms with Crippen LogP contribution in [0.5, 0.6) is 0 Å². The van der Waals surface area contributed by atoms with E-state index in [1.807, 2.05) is 78.9 Å². The lowest BCUT2D eigenvalue weighted by atomic mass is 9.95. The monoisotopic (exact) mass is 467 g/mol. The highest BCUT2D eigenvalue weighted by Gasteiger charge is 2.43. The quantitative estimate of drug-likeness (QED) is 0.304. The summed E-state index contributed by atoms with van der Waals surface area (Å²) in [5.41, 5.74) is 5.01. The molecule has 4 aromatic carbocycles. The third-order valence-electron chi connectivity index (χ3n) is 5.61. The summed E-state index contributed by atoms with van der Waals surface area (Å²) in [5.74, 6) is 0. The van der Waals surface area contributed by atoms with Gasteiger partial charge in [-0.15, -0.1) is 0 Å². The number of halogens is 1. The van der Waals surface area contributed by atoms with Crippen molar-refractivity contribution in [1.82, 2.24) is 0 Å². The van der Waals surface area contributed by atoms with Gasteiger partial charge in [0.1, 0.15) is 0 Å². The lowest BCUT2D eigenvalue weighted by Gasteiger charge is -2.29. The Bertz CT molecular complexity index is 1260. The molecule has 0 unspecified atom stereocenters. The van der Waals surface area contributed by atoms with E-state index < -0.39 is 0 Å². The Morgan fingerprint density at radius 1 is 0.758 bits per heavy atom. The molecule has 162 valence electrons. The molecule has 0 amide bonds. The van der Waals surface area contributed by atoms with E-state index in [0.29, 0.717) is 10.2 Å².